The van der Waals surface area contributed by atoms with Gasteiger partial charge in [0.15, 0.2) is 5.52 Å². The van der Waals surface area contributed by atoms with E-state index in [2.05, 4.69) is 0 Å². The van der Waals surface area contributed by atoms with Crippen molar-refractivity contribution >= 4 is 14.7 Å². The standard InChI is InChI=1S/C11H27NO4P2/c1-7-15-18(14,16-8-2)11(12(5)6)17(13,9-3)10-4/h11H,7-10H2,1-6H3/t11-/m1/s1. The monoisotopic (exact) mass is 299 g/mol. The third-order valence-electron chi connectivity index (χ3n) is 2.85. The molecule has 0 unspecified atom stereocenters. The summed E-state index contributed by atoms with van der Waals surface area (Å²) in [6.07, 6.45) is 0.993. The summed E-state index contributed by atoms with van der Waals surface area (Å²) >= 11 is 0. The maximum Gasteiger partial charge on any atom is 0.355 e. The molecule has 18 heavy (non-hydrogen) atoms. The van der Waals surface area contributed by atoms with Crippen molar-refractivity contribution in [3.63, 3.8) is 0 Å². The zero-order valence-electron chi connectivity index (χ0n) is 12.4. The Morgan fingerprint density at radius 2 is 1.33 bits per heavy atom. The summed E-state index contributed by atoms with van der Waals surface area (Å²) in [5.41, 5.74) is -0.653. The molecule has 0 bridgehead atoms. The minimum absolute atomic E-state index is 0.287. The van der Waals surface area contributed by atoms with Crippen molar-refractivity contribution < 1.29 is 18.2 Å². The van der Waals surface area contributed by atoms with E-state index in [0.717, 1.165) is 0 Å². The second-order valence-electron chi connectivity index (χ2n) is 4.27. The summed E-state index contributed by atoms with van der Waals surface area (Å²) in [6, 6.07) is 0. The van der Waals surface area contributed by atoms with Gasteiger partial charge in [-0.1, -0.05) is 13.8 Å². The van der Waals surface area contributed by atoms with E-state index in [4.69, 9.17) is 9.05 Å². The molecule has 0 spiro atoms. The van der Waals surface area contributed by atoms with Gasteiger partial charge in [0.05, 0.1) is 13.2 Å². The molecule has 0 rings (SSSR count). The van der Waals surface area contributed by atoms with E-state index in [-0.39, 0.29) is 13.2 Å². The number of rotatable bonds is 9. The van der Waals surface area contributed by atoms with Crippen LogP contribution in [0.5, 0.6) is 0 Å². The van der Waals surface area contributed by atoms with Crippen molar-refractivity contribution in [2.45, 2.75) is 33.2 Å². The molecule has 0 amide bonds. The van der Waals surface area contributed by atoms with Gasteiger partial charge >= 0.3 is 7.60 Å². The lowest BCUT2D eigenvalue weighted by molar-refractivity contribution is 0.201. The first-order valence-electron chi connectivity index (χ1n) is 6.44. The van der Waals surface area contributed by atoms with Gasteiger partial charge in [0, 0.05) is 12.3 Å². The van der Waals surface area contributed by atoms with E-state index in [1.54, 1.807) is 32.8 Å². The van der Waals surface area contributed by atoms with E-state index in [9.17, 15) is 9.13 Å². The van der Waals surface area contributed by atoms with Crippen LogP contribution in [0.25, 0.3) is 0 Å². The molecule has 0 N–H and O–H groups in total. The maximum absolute atomic E-state index is 12.9. The smallest absolute Gasteiger partial charge is 0.321 e. The first-order chi connectivity index (χ1) is 8.31. The topological polar surface area (TPSA) is 55.8 Å². The first-order valence-corrected chi connectivity index (χ1v) is 10.2. The van der Waals surface area contributed by atoms with Gasteiger partial charge in [0.2, 0.25) is 0 Å². The maximum atomic E-state index is 12.9. The highest BCUT2D eigenvalue weighted by atomic mass is 31.2. The molecule has 0 radical (unpaired) electrons. The zero-order valence-corrected chi connectivity index (χ0v) is 14.2. The van der Waals surface area contributed by atoms with Gasteiger partial charge in [0.1, 0.15) is 7.14 Å². The Bertz CT molecular complexity index is 315. The first kappa shape index (κ1) is 18.3. The summed E-state index contributed by atoms with van der Waals surface area (Å²) in [4.78, 5) is 1.72. The Kier molecular flexibility index (Phi) is 7.96. The molecule has 0 aromatic rings. The van der Waals surface area contributed by atoms with E-state index in [0.29, 0.717) is 12.3 Å². The minimum atomic E-state index is -3.38. The second kappa shape index (κ2) is 7.81. The number of hydrogen-bond donors (Lipinski definition) is 0. The lowest BCUT2D eigenvalue weighted by Gasteiger charge is -2.35. The van der Waals surface area contributed by atoms with Gasteiger partial charge in [-0.05, 0) is 27.9 Å². The Morgan fingerprint density at radius 1 is 0.944 bits per heavy atom. The summed E-state index contributed by atoms with van der Waals surface area (Å²) in [6.45, 7) is 7.83. The van der Waals surface area contributed by atoms with Gasteiger partial charge in [0.25, 0.3) is 0 Å². The van der Waals surface area contributed by atoms with Gasteiger partial charge in [-0.15, -0.1) is 0 Å². The van der Waals surface area contributed by atoms with Crippen LogP contribution in [0, 0.1) is 0 Å². The van der Waals surface area contributed by atoms with Crippen LogP contribution in [0.4, 0.5) is 0 Å². The summed E-state index contributed by atoms with van der Waals surface area (Å²) in [7, 11) is -2.45. The molecule has 0 saturated carbocycles. The third kappa shape index (κ3) is 4.18. The summed E-state index contributed by atoms with van der Waals surface area (Å²) < 4.78 is 36.5. The molecule has 0 aromatic carbocycles. The summed E-state index contributed by atoms with van der Waals surface area (Å²) in [5.74, 6) is 0. The van der Waals surface area contributed by atoms with E-state index in [1.807, 2.05) is 13.8 Å². The van der Waals surface area contributed by atoms with Crippen molar-refractivity contribution in [3.8, 4) is 0 Å². The number of hydrogen-bond acceptors (Lipinski definition) is 5. The fourth-order valence-corrected chi connectivity index (χ4v) is 9.05. The van der Waals surface area contributed by atoms with Crippen molar-refractivity contribution in [3.05, 3.63) is 0 Å². The van der Waals surface area contributed by atoms with Crippen LogP contribution in [0.15, 0.2) is 0 Å². The molecule has 7 heteroatoms. The molecule has 0 aliphatic heterocycles. The minimum Gasteiger partial charge on any atom is -0.321 e. The second-order valence-corrected chi connectivity index (χ2v) is 10.4. The number of nitrogens with zero attached hydrogens (tertiary/aromatic N) is 1. The molecular weight excluding hydrogens is 272 g/mol. The average Bonchev–Trinajstić information content (AvgIpc) is 2.28. The van der Waals surface area contributed by atoms with Crippen LogP contribution >= 0.6 is 14.7 Å². The molecule has 0 fully saturated rings. The fraction of sp³-hybridized carbons (Fsp3) is 1.00. The highest BCUT2D eigenvalue weighted by molar-refractivity contribution is 7.77. The van der Waals surface area contributed by atoms with E-state index < -0.39 is 20.3 Å². The highest BCUT2D eigenvalue weighted by Gasteiger charge is 2.47. The molecule has 1 atom stereocenters. The molecule has 0 aromatic heterocycles. The van der Waals surface area contributed by atoms with Crippen LogP contribution in [-0.4, -0.2) is 50.1 Å². The molecule has 0 aliphatic carbocycles. The predicted molar refractivity (Wildman–Crippen MR) is 77.0 cm³/mol. The normalized spacial score (nSPS) is 15.1. The quantitative estimate of drug-likeness (QED) is 0.610. The lowest BCUT2D eigenvalue weighted by Crippen LogP contribution is -2.31. The van der Waals surface area contributed by atoms with E-state index >= 15 is 0 Å². The average molecular weight is 299 g/mol. The van der Waals surface area contributed by atoms with E-state index in [1.165, 1.54) is 0 Å². The van der Waals surface area contributed by atoms with Gasteiger partial charge < -0.3 is 13.6 Å². The zero-order chi connectivity index (χ0) is 14.4. The highest BCUT2D eigenvalue weighted by Crippen LogP contribution is 2.69. The van der Waals surface area contributed by atoms with Crippen LogP contribution in [-0.2, 0) is 18.2 Å². The largest absolute Gasteiger partial charge is 0.355 e. The molecule has 0 heterocycles. The molecule has 0 saturated heterocycles. The van der Waals surface area contributed by atoms with Gasteiger partial charge in [-0.2, -0.15) is 0 Å². The van der Waals surface area contributed by atoms with Crippen LogP contribution < -0.4 is 0 Å². The lowest BCUT2D eigenvalue weighted by atomic mass is 10.9. The Hall–Kier alpha value is 0.340. The predicted octanol–water partition coefficient (Wildman–Crippen LogP) is 3.50. The molecule has 0 aliphatic rings. The fourth-order valence-electron chi connectivity index (χ4n) is 2.04. The Labute approximate surface area is 111 Å². The van der Waals surface area contributed by atoms with Crippen LogP contribution in [0.1, 0.15) is 27.7 Å². The van der Waals surface area contributed by atoms with Crippen molar-refractivity contribution in [2.75, 3.05) is 39.6 Å². The molecule has 5 nitrogen and oxygen atoms in total. The Balaban J connectivity index is 5.56. The van der Waals surface area contributed by atoms with Crippen LogP contribution in [0.3, 0.4) is 0 Å². The van der Waals surface area contributed by atoms with Gasteiger partial charge in [-0.3, -0.25) is 9.46 Å². The van der Waals surface area contributed by atoms with Crippen LogP contribution in [0.2, 0.25) is 0 Å². The Morgan fingerprint density at radius 3 is 1.56 bits per heavy atom. The SMILES string of the molecule is CCOP(=O)(OCC)[C@H](N(C)C)P(=O)(CC)CC. The van der Waals surface area contributed by atoms with Crippen molar-refractivity contribution in [2.24, 2.45) is 0 Å². The van der Waals surface area contributed by atoms with Crippen molar-refractivity contribution in [1.82, 2.24) is 4.90 Å². The van der Waals surface area contributed by atoms with Gasteiger partial charge in [-0.25, -0.2) is 0 Å². The molecular formula is C11H27NO4P2. The molecule has 110 valence electrons. The third-order valence-corrected chi connectivity index (χ3v) is 10.7. The summed E-state index contributed by atoms with van der Waals surface area (Å²) in [5, 5.41) is 0. The van der Waals surface area contributed by atoms with Crippen molar-refractivity contribution in [1.29, 1.82) is 0 Å².